The third kappa shape index (κ3) is 3.24. The summed E-state index contributed by atoms with van der Waals surface area (Å²) in [6, 6.07) is 8.66. The molecule has 0 heterocycles. The molecule has 0 fully saturated rings. The lowest BCUT2D eigenvalue weighted by molar-refractivity contribution is -0.384. The molecule has 2 aromatic rings. The van der Waals surface area contributed by atoms with Gasteiger partial charge in [0.15, 0.2) is 0 Å². The highest BCUT2D eigenvalue weighted by Gasteiger charge is 2.10. The zero-order valence-corrected chi connectivity index (χ0v) is 11.4. The normalized spacial score (nSPS) is 10.3. The Morgan fingerprint density at radius 2 is 2.05 bits per heavy atom. The van der Waals surface area contributed by atoms with Crippen LogP contribution in [0.15, 0.2) is 36.4 Å². The molecule has 0 radical (unpaired) electrons. The number of anilines is 1. The van der Waals surface area contributed by atoms with Crippen molar-refractivity contribution in [2.75, 3.05) is 5.32 Å². The molecule has 104 valence electrons. The lowest BCUT2D eigenvalue weighted by Gasteiger charge is -2.10. The number of aryl methyl sites for hydroxylation is 1. The minimum atomic E-state index is -0.469. The highest BCUT2D eigenvalue weighted by Crippen LogP contribution is 2.24. The molecule has 0 unspecified atom stereocenters. The van der Waals surface area contributed by atoms with E-state index in [2.05, 4.69) is 5.32 Å². The van der Waals surface area contributed by atoms with Crippen LogP contribution in [0, 0.1) is 22.9 Å². The molecule has 2 rings (SSSR count). The molecule has 0 saturated carbocycles. The number of nitro groups is 1. The van der Waals surface area contributed by atoms with Crippen molar-refractivity contribution in [3.63, 3.8) is 0 Å². The second kappa shape index (κ2) is 5.88. The Balaban J connectivity index is 2.18. The molecule has 0 spiro atoms. The predicted molar refractivity (Wildman–Crippen MR) is 76.6 cm³/mol. The molecule has 2 aromatic carbocycles. The van der Waals surface area contributed by atoms with Gasteiger partial charge in [0.2, 0.25) is 0 Å². The molecular weight excluding hydrogens is 283 g/mol. The number of nitro benzene ring substituents is 1. The number of hydrogen-bond acceptors (Lipinski definition) is 3. The van der Waals surface area contributed by atoms with Gasteiger partial charge in [0.25, 0.3) is 5.69 Å². The van der Waals surface area contributed by atoms with Gasteiger partial charge in [-0.1, -0.05) is 11.6 Å². The van der Waals surface area contributed by atoms with Crippen LogP contribution in [-0.4, -0.2) is 4.92 Å². The van der Waals surface area contributed by atoms with Crippen LogP contribution in [0.2, 0.25) is 5.02 Å². The molecule has 0 aliphatic carbocycles. The van der Waals surface area contributed by atoms with E-state index >= 15 is 0 Å². The summed E-state index contributed by atoms with van der Waals surface area (Å²) in [5, 5.41) is 14.3. The zero-order valence-electron chi connectivity index (χ0n) is 10.7. The van der Waals surface area contributed by atoms with Gasteiger partial charge in [-0.3, -0.25) is 10.1 Å². The second-order valence-electron chi connectivity index (χ2n) is 4.35. The van der Waals surface area contributed by atoms with Crippen LogP contribution in [-0.2, 0) is 6.54 Å². The fourth-order valence-electron chi connectivity index (χ4n) is 1.83. The van der Waals surface area contributed by atoms with E-state index in [0.717, 1.165) is 11.3 Å². The number of nitrogens with zero attached hydrogens (tertiary/aromatic N) is 1. The molecule has 1 N–H and O–H groups in total. The van der Waals surface area contributed by atoms with E-state index in [1.807, 2.05) is 0 Å². The maximum absolute atomic E-state index is 13.0. The Bertz CT molecular complexity index is 662. The van der Waals surface area contributed by atoms with Gasteiger partial charge in [-0.05, 0) is 42.3 Å². The summed E-state index contributed by atoms with van der Waals surface area (Å²) in [5.74, 6) is -0.304. The van der Waals surface area contributed by atoms with E-state index in [4.69, 9.17) is 11.6 Å². The van der Waals surface area contributed by atoms with E-state index in [1.165, 1.54) is 30.3 Å². The first-order valence-electron chi connectivity index (χ1n) is 5.90. The van der Waals surface area contributed by atoms with Crippen LogP contribution >= 0.6 is 11.6 Å². The summed E-state index contributed by atoms with van der Waals surface area (Å²) in [6.45, 7) is 2.10. The van der Waals surface area contributed by atoms with E-state index in [9.17, 15) is 14.5 Å². The number of benzene rings is 2. The number of halogens is 2. The molecule has 0 bridgehead atoms. The van der Waals surface area contributed by atoms with E-state index in [-0.39, 0.29) is 11.5 Å². The molecule has 0 atom stereocenters. The van der Waals surface area contributed by atoms with Gasteiger partial charge in [0.1, 0.15) is 5.82 Å². The van der Waals surface area contributed by atoms with E-state index < -0.39 is 4.92 Å². The van der Waals surface area contributed by atoms with Gasteiger partial charge < -0.3 is 5.32 Å². The van der Waals surface area contributed by atoms with Crippen molar-refractivity contribution in [1.29, 1.82) is 0 Å². The number of rotatable bonds is 4. The molecular formula is C14H12ClFN2O2. The first-order chi connectivity index (χ1) is 9.47. The molecule has 0 saturated heterocycles. The molecule has 20 heavy (non-hydrogen) atoms. The Morgan fingerprint density at radius 3 is 2.70 bits per heavy atom. The smallest absolute Gasteiger partial charge is 0.269 e. The van der Waals surface area contributed by atoms with Crippen LogP contribution in [0.5, 0.6) is 0 Å². The van der Waals surface area contributed by atoms with Crippen molar-refractivity contribution in [2.45, 2.75) is 13.5 Å². The van der Waals surface area contributed by atoms with Crippen molar-refractivity contribution in [1.82, 2.24) is 0 Å². The van der Waals surface area contributed by atoms with Gasteiger partial charge in [-0.15, -0.1) is 0 Å². The third-order valence-electron chi connectivity index (χ3n) is 2.90. The first kappa shape index (κ1) is 14.3. The minimum absolute atomic E-state index is 0.0120. The largest absolute Gasteiger partial charge is 0.381 e. The topological polar surface area (TPSA) is 55.2 Å². The number of non-ortho nitro benzene ring substituents is 1. The average molecular weight is 295 g/mol. The third-order valence-corrected chi connectivity index (χ3v) is 3.27. The van der Waals surface area contributed by atoms with E-state index in [0.29, 0.717) is 17.1 Å². The summed E-state index contributed by atoms with van der Waals surface area (Å²) in [7, 11) is 0. The minimum Gasteiger partial charge on any atom is -0.381 e. The fourth-order valence-corrected chi connectivity index (χ4v) is 2.01. The Labute approximate surface area is 120 Å². The highest BCUT2D eigenvalue weighted by molar-refractivity contribution is 6.31. The summed E-state index contributed by atoms with van der Waals surface area (Å²) in [4.78, 5) is 10.3. The monoisotopic (exact) mass is 294 g/mol. The van der Waals surface area contributed by atoms with Crippen LogP contribution in [0.25, 0.3) is 0 Å². The molecule has 0 amide bonds. The maximum atomic E-state index is 13.0. The maximum Gasteiger partial charge on any atom is 0.269 e. The second-order valence-corrected chi connectivity index (χ2v) is 4.75. The lowest BCUT2D eigenvalue weighted by Crippen LogP contribution is -2.02. The quantitative estimate of drug-likeness (QED) is 0.675. The number of nitrogens with one attached hydrogen (secondary N) is 1. The van der Waals surface area contributed by atoms with Crippen LogP contribution < -0.4 is 5.32 Å². The Morgan fingerprint density at radius 1 is 1.30 bits per heavy atom. The van der Waals surface area contributed by atoms with Gasteiger partial charge in [0, 0.05) is 29.4 Å². The highest BCUT2D eigenvalue weighted by atomic mass is 35.5. The fraction of sp³-hybridized carbons (Fsp3) is 0.143. The van der Waals surface area contributed by atoms with Gasteiger partial charge in [-0.2, -0.15) is 0 Å². The van der Waals surface area contributed by atoms with Crippen molar-refractivity contribution in [3.8, 4) is 0 Å². The summed E-state index contributed by atoms with van der Waals surface area (Å²) in [6.07, 6.45) is 0. The average Bonchev–Trinajstić information content (AvgIpc) is 2.39. The van der Waals surface area contributed by atoms with Crippen molar-refractivity contribution in [3.05, 3.63) is 68.5 Å². The molecule has 0 aliphatic rings. The van der Waals surface area contributed by atoms with Gasteiger partial charge >= 0.3 is 0 Å². The molecule has 6 heteroatoms. The summed E-state index contributed by atoms with van der Waals surface area (Å²) >= 11 is 6.01. The summed E-state index contributed by atoms with van der Waals surface area (Å²) < 4.78 is 13.0. The SMILES string of the molecule is Cc1cc(F)ccc1NCc1cc([N+](=O)[O-])ccc1Cl. The zero-order chi connectivity index (χ0) is 14.7. The van der Waals surface area contributed by atoms with Crippen molar-refractivity contribution < 1.29 is 9.31 Å². The van der Waals surface area contributed by atoms with Gasteiger partial charge in [-0.25, -0.2) is 4.39 Å². The predicted octanol–water partition coefficient (Wildman–Crippen LogP) is 4.31. The molecule has 4 nitrogen and oxygen atoms in total. The van der Waals surface area contributed by atoms with Crippen LogP contribution in [0.1, 0.15) is 11.1 Å². The Hall–Kier alpha value is -2.14. The lowest BCUT2D eigenvalue weighted by atomic mass is 10.1. The molecule has 0 aliphatic heterocycles. The standard InChI is InChI=1S/C14H12ClFN2O2/c1-9-6-11(16)2-5-14(9)17-8-10-7-12(18(19)20)3-4-13(10)15/h2-7,17H,8H2,1H3. The molecule has 0 aromatic heterocycles. The van der Waals surface area contributed by atoms with Crippen LogP contribution in [0.3, 0.4) is 0 Å². The van der Waals surface area contributed by atoms with E-state index in [1.54, 1.807) is 13.0 Å². The van der Waals surface area contributed by atoms with Crippen LogP contribution in [0.4, 0.5) is 15.8 Å². The Kier molecular flexibility index (Phi) is 4.20. The van der Waals surface area contributed by atoms with Crippen molar-refractivity contribution in [2.24, 2.45) is 0 Å². The van der Waals surface area contributed by atoms with Crippen molar-refractivity contribution >= 4 is 23.0 Å². The van der Waals surface area contributed by atoms with Gasteiger partial charge in [0.05, 0.1) is 4.92 Å². The first-order valence-corrected chi connectivity index (χ1v) is 6.28. The summed E-state index contributed by atoms with van der Waals surface area (Å²) in [5.41, 5.74) is 2.12. The number of hydrogen-bond donors (Lipinski definition) is 1.